The molecule has 1 fully saturated rings. The van der Waals surface area contributed by atoms with Gasteiger partial charge in [-0.1, -0.05) is 12.1 Å². The third kappa shape index (κ3) is 8.64. The zero-order chi connectivity index (χ0) is 19.6. The van der Waals surface area contributed by atoms with Crippen molar-refractivity contribution in [2.75, 3.05) is 26.8 Å². The summed E-state index contributed by atoms with van der Waals surface area (Å²) in [5, 5.41) is 9.32. The fourth-order valence-electron chi connectivity index (χ4n) is 2.79. The molecule has 158 valence electrons. The van der Waals surface area contributed by atoms with Gasteiger partial charge in [0.15, 0.2) is 5.96 Å². The molecule has 8 heteroatoms. The van der Waals surface area contributed by atoms with Crippen LogP contribution >= 0.6 is 24.0 Å². The number of ether oxygens (including phenoxy) is 2. The van der Waals surface area contributed by atoms with Crippen LogP contribution in [0.1, 0.15) is 37.8 Å². The van der Waals surface area contributed by atoms with Gasteiger partial charge in [-0.2, -0.15) is 0 Å². The molecule has 3 N–H and O–H groups in total. The number of halogens is 1. The van der Waals surface area contributed by atoms with E-state index in [-0.39, 0.29) is 42.0 Å². The van der Waals surface area contributed by atoms with Crippen molar-refractivity contribution in [1.82, 2.24) is 16.0 Å². The van der Waals surface area contributed by atoms with Crippen LogP contribution in [0.15, 0.2) is 23.2 Å². The lowest BCUT2D eigenvalue weighted by Crippen LogP contribution is -2.39. The highest BCUT2D eigenvalue weighted by atomic mass is 127. The zero-order valence-corrected chi connectivity index (χ0v) is 19.5. The molecule has 7 nitrogen and oxygen atoms in total. The van der Waals surface area contributed by atoms with Gasteiger partial charge < -0.3 is 25.4 Å². The van der Waals surface area contributed by atoms with Crippen LogP contribution in [0.3, 0.4) is 0 Å². The lowest BCUT2D eigenvalue weighted by atomic mass is 10.1. The molecular weight excluding hydrogens is 471 g/mol. The van der Waals surface area contributed by atoms with E-state index in [4.69, 9.17) is 9.47 Å². The molecule has 0 bridgehead atoms. The van der Waals surface area contributed by atoms with E-state index in [1.165, 1.54) is 0 Å². The molecule has 0 spiro atoms. The van der Waals surface area contributed by atoms with Gasteiger partial charge in [0.05, 0.1) is 13.2 Å². The van der Waals surface area contributed by atoms with Gasteiger partial charge in [0, 0.05) is 44.6 Å². The van der Waals surface area contributed by atoms with Crippen molar-refractivity contribution in [3.8, 4) is 5.75 Å². The fourth-order valence-corrected chi connectivity index (χ4v) is 2.79. The normalized spacial score (nSPS) is 16.5. The van der Waals surface area contributed by atoms with E-state index < -0.39 is 0 Å². The van der Waals surface area contributed by atoms with Crippen LogP contribution < -0.4 is 20.7 Å². The summed E-state index contributed by atoms with van der Waals surface area (Å²) in [6.45, 7) is 8.46. The van der Waals surface area contributed by atoms with E-state index in [1.54, 1.807) is 7.05 Å². The first-order valence-corrected chi connectivity index (χ1v) is 9.55. The number of carbonyl (C=O) groups excluding carboxylic acids is 1. The first-order chi connectivity index (χ1) is 13.0. The Hall–Kier alpha value is -1.55. The summed E-state index contributed by atoms with van der Waals surface area (Å²) in [4.78, 5) is 15.9. The van der Waals surface area contributed by atoms with Gasteiger partial charge in [-0.15, -0.1) is 24.0 Å². The van der Waals surface area contributed by atoms with Crippen molar-refractivity contribution in [2.45, 2.75) is 52.3 Å². The molecule has 1 atom stereocenters. The maximum Gasteiger partial charge on any atom is 0.221 e. The maximum absolute atomic E-state index is 11.7. The number of nitrogens with one attached hydrogen (secondary N) is 3. The Labute approximate surface area is 185 Å². The van der Waals surface area contributed by atoms with Crippen molar-refractivity contribution in [2.24, 2.45) is 4.99 Å². The lowest BCUT2D eigenvalue weighted by Gasteiger charge is -2.18. The van der Waals surface area contributed by atoms with Crippen LogP contribution in [0.2, 0.25) is 0 Å². The van der Waals surface area contributed by atoms with Crippen molar-refractivity contribution in [3.05, 3.63) is 29.3 Å². The van der Waals surface area contributed by atoms with Crippen molar-refractivity contribution < 1.29 is 14.3 Å². The molecule has 0 saturated carbocycles. The summed E-state index contributed by atoms with van der Waals surface area (Å²) < 4.78 is 11.5. The largest absolute Gasteiger partial charge is 0.488 e. The van der Waals surface area contributed by atoms with Crippen LogP contribution in [0.4, 0.5) is 0 Å². The highest BCUT2D eigenvalue weighted by Gasteiger charge is 2.18. The standard InChI is InChI=1S/C20H32N4O3.HI/c1-14(2)24-19(25)7-9-22-20(21-4)23-12-16-6-5-15(3)11-18(16)27-17-8-10-26-13-17;/h5-6,11,14,17H,7-10,12-13H2,1-4H3,(H,24,25)(H2,21,22,23);1H. The predicted octanol–water partition coefficient (Wildman–Crippen LogP) is 2.36. The Morgan fingerprint density at radius 3 is 2.79 bits per heavy atom. The molecule has 1 amide bonds. The summed E-state index contributed by atoms with van der Waals surface area (Å²) in [5.74, 6) is 1.56. The summed E-state index contributed by atoms with van der Waals surface area (Å²) in [6, 6.07) is 6.35. The molecule has 0 radical (unpaired) electrons. The number of aliphatic imine (C=N–C) groups is 1. The van der Waals surface area contributed by atoms with Crippen LogP contribution in [-0.2, 0) is 16.1 Å². The molecule has 1 aromatic rings. The van der Waals surface area contributed by atoms with Crippen LogP contribution in [-0.4, -0.2) is 50.8 Å². The summed E-state index contributed by atoms with van der Waals surface area (Å²) in [5.41, 5.74) is 2.22. The minimum atomic E-state index is 0. The second-order valence-electron chi connectivity index (χ2n) is 7.04. The Morgan fingerprint density at radius 1 is 1.36 bits per heavy atom. The number of rotatable bonds is 8. The Balaban J connectivity index is 0.00000392. The molecule has 1 saturated heterocycles. The number of aryl methyl sites for hydroxylation is 1. The van der Waals surface area contributed by atoms with Crippen LogP contribution in [0, 0.1) is 6.92 Å². The van der Waals surface area contributed by atoms with Gasteiger partial charge in [0.25, 0.3) is 0 Å². The van der Waals surface area contributed by atoms with E-state index in [2.05, 4.69) is 46.1 Å². The lowest BCUT2D eigenvalue weighted by molar-refractivity contribution is -0.121. The molecule has 28 heavy (non-hydrogen) atoms. The highest BCUT2D eigenvalue weighted by molar-refractivity contribution is 14.0. The average molecular weight is 504 g/mol. The topological polar surface area (TPSA) is 84.0 Å². The third-order valence-electron chi connectivity index (χ3n) is 4.17. The van der Waals surface area contributed by atoms with E-state index in [1.807, 2.05) is 13.8 Å². The SMILES string of the molecule is CN=C(NCCC(=O)NC(C)C)NCc1ccc(C)cc1OC1CCOC1.I. The Kier molecular flexibility index (Phi) is 11.2. The van der Waals surface area contributed by atoms with Gasteiger partial charge in [0.2, 0.25) is 5.91 Å². The number of nitrogens with zero attached hydrogens (tertiary/aromatic N) is 1. The summed E-state index contributed by atoms with van der Waals surface area (Å²) in [6.07, 6.45) is 1.43. The van der Waals surface area contributed by atoms with E-state index in [9.17, 15) is 4.79 Å². The minimum absolute atomic E-state index is 0. The molecule has 1 aromatic carbocycles. The number of benzene rings is 1. The number of hydrogen-bond donors (Lipinski definition) is 3. The number of hydrogen-bond acceptors (Lipinski definition) is 4. The molecule has 1 heterocycles. The molecule has 1 aliphatic heterocycles. The van der Waals surface area contributed by atoms with Crippen LogP contribution in [0.5, 0.6) is 5.75 Å². The van der Waals surface area contributed by atoms with Gasteiger partial charge >= 0.3 is 0 Å². The Morgan fingerprint density at radius 2 is 2.14 bits per heavy atom. The molecule has 0 aliphatic carbocycles. The molecule has 0 aromatic heterocycles. The van der Waals surface area contributed by atoms with Crippen molar-refractivity contribution in [1.29, 1.82) is 0 Å². The molecule has 1 aliphatic rings. The zero-order valence-electron chi connectivity index (χ0n) is 17.2. The van der Waals surface area contributed by atoms with Gasteiger partial charge in [0.1, 0.15) is 11.9 Å². The quantitative estimate of drug-likeness (QED) is 0.288. The predicted molar refractivity (Wildman–Crippen MR) is 123 cm³/mol. The van der Waals surface area contributed by atoms with E-state index >= 15 is 0 Å². The number of amides is 1. The molecule has 1 unspecified atom stereocenters. The second kappa shape index (κ2) is 12.8. The monoisotopic (exact) mass is 504 g/mol. The fraction of sp³-hybridized carbons (Fsp3) is 0.600. The smallest absolute Gasteiger partial charge is 0.221 e. The van der Waals surface area contributed by atoms with Crippen molar-refractivity contribution in [3.63, 3.8) is 0 Å². The first kappa shape index (κ1) is 24.5. The third-order valence-corrected chi connectivity index (χ3v) is 4.17. The maximum atomic E-state index is 11.7. The van der Waals surface area contributed by atoms with Gasteiger partial charge in [-0.3, -0.25) is 9.79 Å². The highest BCUT2D eigenvalue weighted by Crippen LogP contribution is 2.23. The van der Waals surface area contributed by atoms with Crippen LogP contribution in [0.25, 0.3) is 0 Å². The second-order valence-corrected chi connectivity index (χ2v) is 7.04. The Bertz CT molecular complexity index is 646. The molecule has 2 rings (SSSR count). The number of guanidine groups is 1. The first-order valence-electron chi connectivity index (χ1n) is 9.55. The summed E-state index contributed by atoms with van der Waals surface area (Å²) in [7, 11) is 1.71. The minimum Gasteiger partial charge on any atom is -0.488 e. The van der Waals surface area contributed by atoms with Gasteiger partial charge in [-0.05, 0) is 32.4 Å². The summed E-state index contributed by atoms with van der Waals surface area (Å²) >= 11 is 0. The molecular formula is C20H33IN4O3. The van der Waals surface area contributed by atoms with Crippen molar-refractivity contribution >= 4 is 35.8 Å². The van der Waals surface area contributed by atoms with E-state index in [0.29, 0.717) is 32.1 Å². The average Bonchev–Trinajstić information content (AvgIpc) is 3.11. The number of carbonyl (C=O) groups is 1. The van der Waals surface area contributed by atoms with E-state index in [0.717, 1.165) is 29.9 Å². The van der Waals surface area contributed by atoms with Gasteiger partial charge in [-0.25, -0.2) is 0 Å².